The number of alkyl halides is 3. The lowest BCUT2D eigenvalue weighted by molar-refractivity contribution is -0.138. The molecule has 18 heavy (non-hydrogen) atoms. The summed E-state index contributed by atoms with van der Waals surface area (Å²) in [6, 6.07) is 2.43. The lowest BCUT2D eigenvalue weighted by Crippen LogP contribution is -2.44. The van der Waals surface area contributed by atoms with Crippen LogP contribution in [0.2, 0.25) is 0 Å². The summed E-state index contributed by atoms with van der Waals surface area (Å²) in [4.78, 5) is 8.06. The van der Waals surface area contributed by atoms with Crippen LogP contribution in [0.4, 0.5) is 13.2 Å². The van der Waals surface area contributed by atoms with Crippen molar-refractivity contribution in [2.75, 3.05) is 33.2 Å². The van der Waals surface area contributed by atoms with E-state index in [0.717, 1.165) is 32.2 Å². The summed E-state index contributed by atoms with van der Waals surface area (Å²) in [6.07, 6.45) is -2.91. The van der Waals surface area contributed by atoms with Gasteiger partial charge in [-0.05, 0) is 19.2 Å². The molecule has 100 valence electrons. The smallest absolute Gasteiger partial charge is 0.304 e. The lowest BCUT2D eigenvalue weighted by atomic mass is 10.1. The van der Waals surface area contributed by atoms with E-state index in [9.17, 15) is 13.2 Å². The molecule has 1 aliphatic heterocycles. The minimum Gasteiger partial charge on any atom is -0.304 e. The topological polar surface area (TPSA) is 19.4 Å². The number of halogens is 3. The third-order valence-corrected chi connectivity index (χ3v) is 3.16. The zero-order valence-corrected chi connectivity index (χ0v) is 10.2. The number of hydrogen-bond donors (Lipinski definition) is 0. The molecule has 3 nitrogen and oxygen atoms in total. The molecule has 0 N–H and O–H groups in total. The van der Waals surface area contributed by atoms with E-state index in [1.165, 1.54) is 12.3 Å². The highest BCUT2D eigenvalue weighted by atomic mass is 19.4. The Labute approximate surface area is 104 Å². The van der Waals surface area contributed by atoms with Crippen LogP contribution >= 0.6 is 0 Å². The predicted octanol–water partition coefficient (Wildman–Crippen LogP) is 1.85. The molecule has 1 fully saturated rings. The van der Waals surface area contributed by atoms with Crippen molar-refractivity contribution in [1.29, 1.82) is 0 Å². The van der Waals surface area contributed by atoms with E-state index in [-0.39, 0.29) is 12.2 Å². The van der Waals surface area contributed by atoms with Gasteiger partial charge in [-0.3, -0.25) is 9.88 Å². The summed E-state index contributed by atoms with van der Waals surface area (Å²) >= 11 is 0. The van der Waals surface area contributed by atoms with Gasteiger partial charge in [0.25, 0.3) is 0 Å². The molecule has 1 aromatic heterocycles. The molecule has 0 radical (unpaired) electrons. The summed E-state index contributed by atoms with van der Waals surface area (Å²) in [5.74, 6) is 0. The third-order valence-electron chi connectivity index (χ3n) is 3.16. The standard InChI is InChI=1S/C12H16F3N3/c1-17-5-7-18(8-6-17)9-11-10(12(13,14)15)3-2-4-16-11/h2-4H,5-9H2,1H3. The van der Waals surface area contributed by atoms with Gasteiger partial charge in [-0.25, -0.2) is 0 Å². The summed E-state index contributed by atoms with van der Waals surface area (Å²) in [5.41, 5.74) is -0.501. The van der Waals surface area contributed by atoms with Crippen molar-refractivity contribution >= 4 is 0 Å². The molecule has 0 aromatic carbocycles. The molecular formula is C12H16F3N3. The Bertz CT molecular complexity index is 398. The molecule has 0 atom stereocenters. The van der Waals surface area contributed by atoms with Crippen LogP contribution in [0.5, 0.6) is 0 Å². The zero-order chi connectivity index (χ0) is 13.2. The molecule has 1 aliphatic rings. The summed E-state index contributed by atoms with van der Waals surface area (Å²) < 4.78 is 38.4. The maximum atomic E-state index is 12.8. The first kappa shape index (κ1) is 13.3. The Morgan fingerprint density at radius 3 is 2.50 bits per heavy atom. The van der Waals surface area contributed by atoms with Crippen molar-refractivity contribution < 1.29 is 13.2 Å². The Hall–Kier alpha value is -1.14. The molecule has 6 heteroatoms. The van der Waals surface area contributed by atoms with E-state index in [1.807, 2.05) is 11.9 Å². The van der Waals surface area contributed by atoms with Gasteiger partial charge in [-0.15, -0.1) is 0 Å². The highest BCUT2D eigenvalue weighted by Gasteiger charge is 2.34. The van der Waals surface area contributed by atoms with Crippen molar-refractivity contribution in [2.24, 2.45) is 0 Å². The first-order valence-electron chi connectivity index (χ1n) is 5.89. The van der Waals surface area contributed by atoms with E-state index in [2.05, 4.69) is 9.88 Å². The van der Waals surface area contributed by atoms with E-state index in [0.29, 0.717) is 0 Å². The lowest BCUT2D eigenvalue weighted by Gasteiger charge is -2.32. The van der Waals surface area contributed by atoms with E-state index in [4.69, 9.17) is 0 Å². The molecule has 0 spiro atoms. The van der Waals surface area contributed by atoms with Crippen LogP contribution < -0.4 is 0 Å². The van der Waals surface area contributed by atoms with Crippen LogP contribution in [0.3, 0.4) is 0 Å². The second kappa shape index (κ2) is 5.24. The fraction of sp³-hybridized carbons (Fsp3) is 0.583. The van der Waals surface area contributed by atoms with Crippen molar-refractivity contribution in [3.8, 4) is 0 Å². The molecule has 1 aromatic rings. The largest absolute Gasteiger partial charge is 0.418 e. The highest BCUT2D eigenvalue weighted by molar-refractivity contribution is 5.22. The molecule has 1 saturated heterocycles. The van der Waals surface area contributed by atoms with Crippen molar-refractivity contribution in [3.63, 3.8) is 0 Å². The molecule has 0 aliphatic carbocycles. The predicted molar refractivity (Wildman–Crippen MR) is 62.0 cm³/mol. The maximum Gasteiger partial charge on any atom is 0.418 e. The molecule has 2 heterocycles. The first-order chi connectivity index (χ1) is 8.47. The van der Waals surface area contributed by atoms with Gasteiger partial charge in [0.15, 0.2) is 0 Å². The van der Waals surface area contributed by atoms with Crippen molar-refractivity contribution in [2.45, 2.75) is 12.7 Å². The number of aromatic nitrogens is 1. The van der Waals surface area contributed by atoms with E-state index >= 15 is 0 Å². The third kappa shape index (κ3) is 3.20. The van der Waals surface area contributed by atoms with Gasteiger partial charge in [0.2, 0.25) is 0 Å². The number of nitrogens with zero attached hydrogens (tertiary/aromatic N) is 3. The van der Waals surface area contributed by atoms with Gasteiger partial charge in [-0.2, -0.15) is 13.2 Å². The Morgan fingerprint density at radius 1 is 1.22 bits per heavy atom. The van der Waals surface area contributed by atoms with Crippen LogP contribution in [0.15, 0.2) is 18.3 Å². The summed E-state index contributed by atoms with van der Waals surface area (Å²) in [6.45, 7) is 3.60. The van der Waals surface area contributed by atoms with Crippen LogP contribution in [0, 0.1) is 0 Å². The molecular weight excluding hydrogens is 243 g/mol. The summed E-state index contributed by atoms with van der Waals surface area (Å²) in [7, 11) is 2.01. The highest BCUT2D eigenvalue weighted by Crippen LogP contribution is 2.31. The van der Waals surface area contributed by atoms with Crippen LogP contribution in [0.1, 0.15) is 11.3 Å². The molecule has 0 bridgehead atoms. The van der Waals surface area contributed by atoms with Gasteiger partial charge in [0.1, 0.15) is 0 Å². The SMILES string of the molecule is CN1CCN(Cc2ncccc2C(F)(F)F)CC1. The number of piperazine rings is 1. The number of pyridine rings is 1. The van der Waals surface area contributed by atoms with Crippen molar-refractivity contribution in [1.82, 2.24) is 14.8 Å². The number of hydrogen-bond acceptors (Lipinski definition) is 3. The average Bonchev–Trinajstić information content (AvgIpc) is 2.31. The fourth-order valence-electron chi connectivity index (χ4n) is 2.04. The maximum absolute atomic E-state index is 12.8. The van der Waals surface area contributed by atoms with E-state index in [1.54, 1.807) is 0 Å². The summed E-state index contributed by atoms with van der Waals surface area (Å²) in [5, 5.41) is 0. The van der Waals surface area contributed by atoms with Gasteiger partial charge >= 0.3 is 6.18 Å². The Balaban J connectivity index is 2.10. The normalized spacial score (nSPS) is 19.1. The van der Waals surface area contributed by atoms with Crippen LogP contribution in [-0.4, -0.2) is 48.0 Å². The molecule has 0 saturated carbocycles. The quantitative estimate of drug-likeness (QED) is 0.808. The van der Waals surface area contributed by atoms with Crippen LogP contribution in [-0.2, 0) is 12.7 Å². The fourth-order valence-corrected chi connectivity index (χ4v) is 2.04. The van der Waals surface area contributed by atoms with Gasteiger partial charge in [0.05, 0.1) is 11.3 Å². The molecule has 2 rings (SSSR count). The minimum atomic E-state index is -4.32. The number of rotatable bonds is 2. The zero-order valence-electron chi connectivity index (χ0n) is 10.2. The molecule has 0 unspecified atom stereocenters. The van der Waals surface area contributed by atoms with Crippen LogP contribution in [0.25, 0.3) is 0 Å². The number of likely N-dealkylation sites (N-methyl/N-ethyl adjacent to an activating group) is 1. The average molecular weight is 259 g/mol. The second-order valence-electron chi connectivity index (χ2n) is 4.57. The molecule has 0 amide bonds. The minimum absolute atomic E-state index is 0.120. The van der Waals surface area contributed by atoms with Gasteiger partial charge < -0.3 is 4.90 Å². The Morgan fingerprint density at radius 2 is 1.89 bits per heavy atom. The van der Waals surface area contributed by atoms with Gasteiger partial charge in [0, 0.05) is 38.9 Å². The monoisotopic (exact) mass is 259 g/mol. The van der Waals surface area contributed by atoms with Crippen molar-refractivity contribution in [3.05, 3.63) is 29.6 Å². The second-order valence-corrected chi connectivity index (χ2v) is 4.57. The van der Waals surface area contributed by atoms with E-state index < -0.39 is 11.7 Å². The first-order valence-corrected chi connectivity index (χ1v) is 5.89. The van der Waals surface area contributed by atoms with Gasteiger partial charge in [-0.1, -0.05) is 0 Å². The Kier molecular flexibility index (Phi) is 3.87.